The average Bonchev–Trinajstić information content (AvgIpc) is 2.83. The number of amides is 2. The largest absolute Gasteiger partial charge is 0.493 e. The van der Waals surface area contributed by atoms with Gasteiger partial charge in [-0.2, -0.15) is 0 Å². The quantitative estimate of drug-likeness (QED) is 0.740. The standard InChI is InChI=1S/C19H30N2O5/c1-18(2,14-6-7-15(25-3)16(12-14)26-4)20-17(23)21-10-5-8-19(24,13-22)9-11-21/h6-7,12,22,24H,5,8-11,13H2,1-4H3,(H,20,23)/t19-/m1/s1. The summed E-state index contributed by atoms with van der Waals surface area (Å²) in [5, 5.41) is 22.6. The van der Waals surface area contributed by atoms with Crippen LogP contribution in [0.1, 0.15) is 38.7 Å². The number of carbonyl (C=O) groups excluding carboxylic acids is 1. The highest BCUT2D eigenvalue weighted by Gasteiger charge is 2.32. The summed E-state index contributed by atoms with van der Waals surface area (Å²) in [6, 6.07) is 5.38. The highest BCUT2D eigenvalue weighted by molar-refractivity contribution is 5.75. The Labute approximate surface area is 154 Å². The van der Waals surface area contributed by atoms with Crippen LogP contribution in [0.2, 0.25) is 0 Å². The molecule has 1 saturated heterocycles. The zero-order chi connectivity index (χ0) is 19.4. The Morgan fingerprint density at radius 3 is 2.54 bits per heavy atom. The summed E-state index contributed by atoms with van der Waals surface area (Å²) in [5.74, 6) is 1.24. The second-order valence-electron chi connectivity index (χ2n) is 7.35. The maximum atomic E-state index is 12.7. The van der Waals surface area contributed by atoms with Crippen molar-refractivity contribution in [1.82, 2.24) is 10.2 Å². The summed E-state index contributed by atoms with van der Waals surface area (Å²) in [6.07, 6.45) is 1.52. The van der Waals surface area contributed by atoms with Crippen molar-refractivity contribution in [3.8, 4) is 11.5 Å². The molecule has 1 aliphatic heterocycles. The predicted molar refractivity (Wildman–Crippen MR) is 98.6 cm³/mol. The van der Waals surface area contributed by atoms with E-state index in [1.807, 2.05) is 32.0 Å². The molecule has 2 amide bonds. The second-order valence-corrected chi connectivity index (χ2v) is 7.35. The van der Waals surface area contributed by atoms with Crippen LogP contribution < -0.4 is 14.8 Å². The number of aliphatic hydroxyl groups excluding tert-OH is 1. The minimum absolute atomic E-state index is 0.188. The lowest BCUT2D eigenvalue weighted by Gasteiger charge is -2.31. The lowest BCUT2D eigenvalue weighted by Crippen LogP contribution is -2.49. The zero-order valence-corrected chi connectivity index (χ0v) is 16.0. The van der Waals surface area contributed by atoms with E-state index < -0.39 is 11.1 Å². The summed E-state index contributed by atoms with van der Waals surface area (Å²) in [7, 11) is 3.16. The molecule has 0 spiro atoms. The van der Waals surface area contributed by atoms with Gasteiger partial charge in [0, 0.05) is 13.1 Å². The van der Waals surface area contributed by atoms with Crippen LogP contribution >= 0.6 is 0 Å². The first-order valence-corrected chi connectivity index (χ1v) is 8.87. The lowest BCUT2D eigenvalue weighted by molar-refractivity contribution is -0.0248. The minimum atomic E-state index is -1.09. The number of nitrogens with zero attached hydrogens (tertiary/aromatic N) is 1. The van der Waals surface area contributed by atoms with E-state index in [-0.39, 0.29) is 12.6 Å². The third-order valence-electron chi connectivity index (χ3n) is 5.02. The van der Waals surface area contributed by atoms with Crippen LogP contribution in [0.3, 0.4) is 0 Å². The van der Waals surface area contributed by atoms with Crippen molar-refractivity contribution in [1.29, 1.82) is 0 Å². The van der Waals surface area contributed by atoms with Crippen molar-refractivity contribution in [2.24, 2.45) is 0 Å². The zero-order valence-electron chi connectivity index (χ0n) is 16.0. The third kappa shape index (κ3) is 4.59. The van der Waals surface area contributed by atoms with Gasteiger partial charge in [-0.05, 0) is 50.8 Å². The first kappa shape index (κ1) is 20.3. The van der Waals surface area contributed by atoms with E-state index in [2.05, 4.69) is 5.32 Å². The van der Waals surface area contributed by atoms with E-state index in [9.17, 15) is 15.0 Å². The van der Waals surface area contributed by atoms with Gasteiger partial charge in [0.1, 0.15) is 0 Å². The number of aliphatic hydroxyl groups is 2. The fourth-order valence-electron chi connectivity index (χ4n) is 3.18. The fraction of sp³-hybridized carbons (Fsp3) is 0.632. The Hall–Kier alpha value is -1.99. The van der Waals surface area contributed by atoms with Crippen molar-refractivity contribution >= 4 is 6.03 Å². The molecule has 1 aromatic rings. The molecule has 1 heterocycles. The van der Waals surface area contributed by atoms with Crippen molar-refractivity contribution in [3.05, 3.63) is 23.8 Å². The van der Waals surface area contributed by atoms with Crippen molar-refractivity contribution in [3.63, 3.8) is 0 Å². The number of hydrogen-bond donors (Lipinski definition) is 3. The van der Waals surface area contributed by atoms with Crippen molar-refractivity contribution in [2.45, 2.75) is 44.2 Å². The predicted octanol–water partition coefficient (Wildman–Crippen LogP) is 1.86. The van der Waals surface area contributed by atoms with E-state index in [0.29, 0.717) is 43.9 Å². The molecule has 26 heavy (non-hydrogen) atoms. The summed E-state index contributed by atoms with van der Waals surface area (Å²) < 4.78 is 10.6. The molecule has 3 N–H and O–H groups in total. The molecule has 1 aliphatic rings. The van der Waals surface area contributed by atoms with Gasteiger partial charge in [0.25, 0.3) is 0 Å². The molecule has 0 aliphatic carbocycles. The Morgan fingerprint density at radius 1 is 1.23 bits per heavy atom. The number of likely N-dealkylation sites (tertiary alicyclic amines) is 1. The van der Waals surface area contributed by atoms with Crippen LogP contribution in [0, 0.1) is 0 Å². The first-order valence-electron chi connectivity index (χ1n) is 8.87. The van der Waals surface area contributed by atoms with E-state index in [4.69, 9.17) is 9.47 Å². The van der Waals surface area contributed by atoms with Gasteiger partial charge >= 0.3 is 6.03 Å². The molecular formula is C19H30N2O5. The van der Waals surface area contributed by atoms with E-state index in [1.165, 1.54) is 0 Å². The number of benzene rings is 1. The molecule has 0 unspecified atom stereocenters. The molecule has 1 fully saturated rings. The highest BCUT2D eigenvalue weighted by atomic mass is 16.5. The number of rotatable bonds is 5. The SMILES string of the molecule is COc1ccc(C(C)(C)NC(=O)N2CCC[C@](O)(CO)CC2)cc1OC. The molecule has 0 aromatic heterocycles. The number of urea groups is 1. The van der Waals surface area contributed by atoms with Gasteiger partial charge in [-0.25, -0.2) is 4.79 Å². The number of ether oxygens (including phenoxy) is 2. The molecule has 0 bridgehead atoms. The van der Waals surface area contributed by atoms with Gasteiger partial charge in [0.2, 0.25) is 0 Å². The van der Waals surface area contributed by atoms with Crippen LogP contribution in [-0.4, -0.2) is 60.7 Å². The molecule has 0 radical (unpaired) electrons. The average molecular weight is 366 g/mol. The molecule has 146 valence electrons. The van der Waals surface area contributed by atoms with Gasteiger partial charge in [-0.1, -0.05) is 6.07 Å². The normalized spacial score (nSPS) is 21.1. The number of methoxy groups -OCH3 is 2. The molecule has 1 atom stereocenters. The summed E-state index contributed by atoms with van der Waals surface area (Å²) in [6.45, 7) is 4.53. The molecule has 2 rings (SSSR count). The first-order chi connectivity index (χ1) is 12.2. The van der Waals surface area contributed by atoms with Crippen LogP contribution in [-0.2, 0) is 5.54 Å². The van der Waals surface area contributed by atoms with E-state index in [1.54, 1.807) is 19.1 Å². The Morgan fingerprint density at radius 2 is 1.92 bits per heavy atom. The van der Waals surface area contributed by atoms with Gasteiger partial charge in [-0.3, -0.25) is 0 Å². The molecular weight excluding hydrogens is 336 g/mol. The van der Waals surface area contributed by atoms with E-state index >= 15 is 0 Å². The van der Waals surface area contributed by atoms with Gasteiger partial charge < -0.3 is 29.9 Å². The van der Waals surface area contributed by atoms with Crippen molar-refractivity contribution in [2.75, 3.05) is 33.9 Å². The Balaban J connectivity index is 2.09. The van der Waals surface area contributed by atoms with Gasteiger partial charge in [0.15, 0.2) is 11.5 Å². The van der Waals surface area contributed by atoms with Crippen LogP contribution in [0.25, 0.3) is 0 Å². The van der Waals surface area contributed by atoms with E-state index in [0.717, 1.165) is 5.56 Å². The van der Waals surface area contributed by atoms with Crippen LogP contribution in [0.4, 0.5) is 4.79 Å². The molecule has 7 heteroatoms. The van der Waals surface area contributed by atoms with Crippen molar-refractivity contribution < 1.29 is 24.5 Å². The molecule has 1 aromatic carbocycles. The summed E-state index contributed by atoms with van der Waals surface area (Å²) >= 11 is 0. The van der Waals surface area contributed by atoms with Gasteiger partial charge in [0.05, 0.1) is 32.0 Å². The fourth-order valence-corrected chi connectivity index (χ4v) is 3.18. The monoisotopic (exact) mass is 366 g/mol. The number of hydrogen-bond acceptors (Lipinski definition) is 5. The Bertz CT molecular complexity index is 634. The lowest BCUT2D eigenvalue weighted by atomic mass is 9.94. The van der Waals surface area contributed by atoms with Gasteiger partial charge in [-0.15, -0.1) is 0 Å². The highest BCUT2D eigenvalue weighted by Crippen LogP contribution is 2.32. The number of carbonyl (C=O) groups is 1. The number of nitrogens with one attached hydrogen (secondary N) is 1. The Kier molecular flexibility index (Phi) is 6.36. The topological polar surface area (TPSA) is 91.3 Å². The molecule has 7 nitrogen and oxygen atoms in total. The van der Waals surface area contributed by atoms with Crippen LogP contribution in [0.5, 0.6) is 11.5 Å². The maximum absolute atomic E-state index is 12.7. The third-order valence-corrected chi connectivity index (χ3v) is 5.02. The smallest absolute Gasteiger partial charge is 0.318 e. The minimum Gasteiger partial charge on any atom is -0.493 e. The van der Waals surface area contributed by atoms with Crippen LogP contribution in [0.15, 0.2) is 18.2 Å². The molecule has 0 saturated carbocycles. The summed E-state index contributed by atoms with van der Waals surface area (Å²) in [5.41, 5.74) is -0.811. The summed E-state index contributed by atoms with van der Waals surface area (Å²) in [4.78, 5) is 14.4. The maximum Gasteiger partial charge on any atom is 0.318 e. The second kappa shape index (κ2) is 8.14.